The Hall–Kier alpha value is -3.55. The topological polar surface area (TPSA) is 78.6 Å². The lowest BCUT2D eigenvalue weighted by Gasteiger charge is -2.32. The number of ether oxygens (including phenoxy) is 2. The Morgan fingerprint density at radius 1 is 1.10 bits per heavy atom. The van der Waals surface area contributed by atoms with E-state index in [2.05, 4.69) is 4.98 Å². The number of amides is 1. The number of fused-ring (bicyclic) bond motifs is 2. The maximum atomic E-state index is 13.0. The van der Waals surface area contributed by atoms with Crippen LogP contribution < -0.4 is 15.0 Å². The van der Waals surface area contributed by atoms with Crippen molar-refractivity contribution in [2.24, 2.45) is 0 Å². The summed E-state index contributed by atoms with van der Waals surface area (Å²) in [5.41, 5.74) is 1.56. The maximum Gasteiger partial charge on any atom is 0.275 e. The molecular formula is C22H22N4O4. The number of rotatable bonds is 4. The lowest BCUT2D eigenvalue weighted by molar-refractivity contribution is 0.0573. The van der Waals surface area contributed by atoms with Crippen molar-refractivity contribution in [2.45, 2.75) is 26.0 Å². The van der Waals surface area contributed by atoms with Crippen LogP contribution in [0.3, 0.4) is 0 Å². The molecule has 4 heterocycles. The van der Waals surface area contributed by atoms with Crippen molar-refractivity contribution in [3.05, 3.63) is 70.7 Å². The number of aryl methyl sites for hydroxylation is 1. The number of imidazole rings is 1. The van der Waals surface area contributed by atoms with Gasteiger partial charge >= 0.3 is 0 Å². The van der Waals surface area contributed by atoms with E-state index in [0.29, 0.717) is 44.0 Å². The van der Waals surface area contributed by atoms with Gasteiger partial charge in [0.25, 0.3) is 11.5 Å². The Bertz CT molecular complexity index is 1170. The molecular weight excluding hydrogens is 384 g/mol. The Kier molecular flexibility index (Phi) is 4.54. The van der Waals surface area contributed by atoms with Gasteiger partial charge in [-0.25, -0.2) is 4.98 Å². The second-order valence-corrected chi connectivity index (χ2v) is 7.56. The van der Waals surface area contributed by atoms with E-state index in [9.17, 15) is 9.59 Å². The zero-order valence-corrected chi connectivity index (χ0v) is 16.7. The minimum Gasteiger partial charge on any atom is -0.486 e. The molecule has 5 rings (SSSR count). The molecule has 0 spiro atoms. The molecule has 2 aliphatic heterocycles. The van der Waals surface area contributed by atoms with Crippen molar-refractivity contribution in [3.63, 3.8) is 0 Å². The lowest BCUT2D eigenvalue weighted by atomic mass is 10.1. The SMILES string of the molecule is Cc1cn(-c2ccc3n(c2=O)CCN(CCC2COc4ccccc4O2)C3=O)cn1. The quantitative estimate of drug-likeness (QED) is 0.663. The van der Waals surface area contributed by atoms with Crippen LogP contribution in [0.25, 0.3) is 5.69 Å². The largest absolute Gasteiger partial charge is 0.486 e. The summed E-state index contributed by atoms with van der Waals surface area (Å²) in [6, 6.07) is 11.0. The van der Waals surface area contributed by atoms with Crippen molar-refractivity contribution in [3.8, 4) is 17.2 Å². The molecule has 0 fully saturated rings. The fourth-order valence-corrected chi connectivity index (χ4v) is 3.93. The molecule has 0 N–H and O–H groups in total. The molecule has 2 aromatic heterocycles. The summed E-state index contributed by atoms with van der Waals surface area (Å²) in [4.78, 5) is 31.8. The van der Waals surface area contributed by atoms with Crippen molar-refractivity contribution >= 4 is 5.91 Å². The maximum absolute atomic E-state index is 13.0. The zero-order chi connectivity index (χ0) is 20.7. The van der Waals surface area contributed by atoms with Gasteiger partial charge in [-0.05, 0) is 31.2 Å². The third-order valence-electron chi connectivity index (χ3n) is 5.53. The molecule has 1 unspecified atom stereocenters. The van der Waals surface area contributed by atoms with E-state index < -0.39 is 0 Å². The van der Waals surface area contributed by atoms with Gasteiger partial charge in [0.15, 0.2) is 11.5 Å². The predicted molar refractivity (Wildman–Crippen MR) is 109 cm³/mol. The molecule has 0 bridgehead atoms. The summed E-state index contributed by atoms with van der Waals surface area (Å²) in [6.45, 7) is 3.83. The van der Waals surface area contributed by atoms with Crippen LogP contribution in [0.2, 0.25) is 0 Å². The van der Waals surface area contributed by atoms with E-state index in [0.717, 1.165) is 17.2 Å². The number of carbonyl (C=O) groups is 1. The van der Waals surface area contributed by atoms with Crippen LogP contribution in [0.1, 0.15) is 22.6 Å². The minimum absolute atomic E-state index is 0.108. The number of pyridine rings is 1. The molecule has 30 heavy (non-hydrogen) atoms. The first-order chi connectivity index (χ1) is 14.6. The molecule has 1 amide bonds. The normalized spacial score (nSPS) is 17.7. The third-order valence-corrected chi connectivity index (χ3v) is 5.53. The number of benzene rings is 1. The molecule has 1 aromatic carbocycles. The number of nitrogens with zero attached hydrogens (tertiary/aromatic N) is 4. The van der Waals surface area contributed by atoms with Crippen LogP contribution in [0.15, 0.2) is 53.7 Å². The predicted octanol–water partition coefficient (Wildman–Crippen LogP) is 2.03. The first kappa shape index (κ1) is 18.5. The number of hydrogen-bond donors (Lipinski definition) is 0. The molecule has 0 aliphatic carbocycles. The van der Waals surface area contributed by atoms with Crippen LogP contribution in [-0.4, -0.2) is 50.7 Å². The van der Waals surface area contributed by atoms with E-state index in [1.54, 1.807) is 38.7 Å². The number of aromatic nitrogens is 3. The molecule has 0 saturated carbocycles. The summed E-state index contributed by atoms with van der Waals surface area (Å²) in [6.07, 6.45) is 3.96. The number of hydrogen-bond acceptors (Lipinski definition) is 5. The molecule has 2 aliphatic rings. The van der Waals surface area contributed by atoms with E-state index in [4.69, 9.17) is 9.47 Å². The van der Waals surface area contributed by atoms with Gasteiger partial charge in [-0.1, -0.05) is 12.1 Å². The highest BCUT2D eigenvalue weighted by atomic mass is 16.6. The highest BCUT2D eigenvalue weighted by Crippen LogP contribution is 2.31. The van der Waals surface area contributed by atoms with Crippen LogP contribution in [-0.2, 0) is 6.54 Å². The molecule has 8 nitrogen and oxygen atoms in total. The van der Waals surface area contributed by atoms with Crippen molar-refractivity contribution < 1.29 is 14.3 Å². The van der Waals surface area contributed by atoms with Gasteiger partial charge in [-0.15, -0.1) is 0 Å². The summed E-state index contributed by atoms with van der Waals surface area (Å²) >= 11 is 0. The first-order valence-corrected chi connectivity index (χ1v) is 10.0. The van der Waals surface area contributed by atoms with Gasteiger partial charge in [0.05, 0.1) is 12.0 Å². The van der Waals surface area contributed by atoms with Crippen LogP contribution in [0.5, 0.6) is 11.5 Å². The first-order valence-electron chi connectivity index (χ1n) is 10.0. The van der Waals surface area contributed by atoms with E-state index in [1.165, 1.54) is 0 Å². The molecule has 8 heteroatoms. The monoisotopic (exact) mass is 406 g/mol. The summed E-state index contributed by atoms with van der Waals surface area (Å²) in [7, 11) is 0. The Labute approximate surface area is 173 Å². The zero-order valence-electron chi connectivity index (χ0n) is 16.7. The highest BCUT2D eigenvalue weighted by Gasteiger charge is 2.28. The summed E-state index contributed by atoms with van der Waals surface area (Å²) in [5.74, 6) is 1.35. The van der Waals surface area contributed by atoms with E-state index in [-0.39, 0.29) is 17.6 Å². The average molecular weight is 406 g/mol. The van der Waals surface area contributed by atoms with Gasteiger partial charge in [0.2, 0.25) is 0 Å². The Morgan fingerprint density at radius 2 is 1.93 bits per heavy atom. The number of para-hydroxylation sites is 2. The molecule has 1 atom stereocenters. The van der Waals surface area contributed by atoms with Crippen LogP contribution in [0.4, 0.5) is 0 Å². The second kappa shape index (κ2) is 7.37. The fourth-order valence-electron chi connectivity index (χ4n) is 3.93. The Balaban J connectivity index is 1.29. The lowest BCUT2D eigenvalue weighted by Crippen LogP contribution is -2.46. The van der Waals surface area contributed by atoms with Gasteiger partial charge in [-0.2, -0.15) is 0 Å². The summed E-state index contributed by atoms with van der Waals surface area (Å²) in [5, 5.41) is 0. The standard InChI is InChI=1S/C22H22N4O4/c1-15-12-25(14-23-15)17-6-7-18-21(27)24(10-11-26(18)22(17)28)9-8-16-13-29-19-4-2-3-5-20(19)30-16/h2-7,12,14,16H,8-11,13H2,1H3. The molecule has 0 radical (unpaired) electrons. The van der Waals surface area contributed by atoms with Gasteiger partial charge < -0.3 is 23.5 Å². The van der Waals surface area contributed by atoms with E-state index in [1.807, 2.05) is 31.2 Å². The van der Waals surface area contributed by atoms with Gasteiger partial charge in [0.1, 0.15) is 24.1 Å². The van der Waals surface area contributed by atoms with Crippen molar-refractivity contribution in [2.75, 3.05) is 19.7 Å². The highest BCUT2D eigenvalue weighted by molar-refractivity contribution is 5.93. The average Bonchev–Trinajstić information content (AvgIpc) is 3.19. The second-order valence-electron chi connectivity index (χ2n) is 7.56. The molecule has 3 aromatic rings. The van der Waals surface area contributed by atoms with Crippen LogP contribution >= 0.6 is 0 Å². The minimum atomic E-state index is -0.182. The van der Waals surface area contributed by atoms with Crippen LogP contribution in [0, 0.1) is 6.92 Å². The van der Waals surface area contributed by atoms with Crippen molar-refractivity contribution in [1.29, 1.82) is 0 Å². The smallest absolute Gasteiger partial charge is 0.275 e. The fraction of sp³-hybridized carbons (Fsp3) is 0.318. The van der Waals surface area contributed by atoms with Gasteiger partial charge in [-0.3, -0.25) is 9.59 Å². The van der Waals surface area contributed by atoms with E-state index >= 15 is 0 Å². The number of carbonyl (C=O) groups excluding carboxylic acids is 1. The molecule has 154 valence electrons. The van der Waals surface area contributed by atoms with Crippen molar-refractivity contribution in [1.82, 2.24) is 19.0 Å². The Morgan fingerprint density at radius 3 is 2.73 bits per heavy atom. The molecule has 0 saturated heterocycles. The van der Waals surface area contributed by atoms with Gasteiger partial charge in [0, 0.05) is 32.3 Å². The summed E-state index contributed by atoms with van der Waals surface area (Å²) < 4.78 is 15.0. The third kappa shape index (κ3) is 3.24.